The summed E-state index contributed by atoms with van der Waals surface area (Å²) in [5, 5.41) is 7.69. The van der Waals surface area contributed by atoms with Crippen LogP contribution in [0.1, 0.15) is 33.6 Å². The van der Waals surface area contributed by atoms with Gasteiger partial charge in [0.15, 0.2) is 0 Å². The molecule has 0 radical (unpaired) electrons. The quantitative estimate of drug-likeness (QED) is 0.911. The lowest BCUT2D eigenvalue weighted by molar-refractivity contribution is -0.143. The molecule has 1 aliphatic heterocycles. The Bertz CT molecular complexity index is 441. The Morgan fingerprint density at radius 2 is 2.05 bits per heavy atom. The molecule has 1 amide bonds. The van der Waals surface area contributed by atoms with E-state index in [2.05, 4.69) is 31.2 Å². The van der Waals surface area contributed by atoms with E-state index in [0.717, 1.165) is 32.5 Å². The number of carbonyl (C=O) groups excluding carboxylic acids is 1. The van der Waals surface area contributed by atoms with Crippen LogP contribution in [0.25, 0.3) is 0 Å². The maximum atomic E-state index is 13.0. The minimum absolute atomic E-state index is 0.0998. The Morgan fingerprint density at radius 3 is 2.55 bits per heavy atom. The Morgan fingerprint density at radius 1 is 1.40 bits per heavy atom. The summed E-state index contributed by atoms with van der Waals surface area (Å²) in [6.45, 7) is 8.92. The second-order valence-corrected chi connectivity index (χ2v) is 6.95. The lowest BCUT2D eigenvalue weighted by atomic mass is 9.86. The summed E-state index contributed by atoms with van der Waals surface area (Å²) in [5.41, 5.74) is -0.419. The molecule has 0 aromatic carbocycles. The summed E-state index contributed by atoms with van der Waals surface area (Å²) < 4.78 is 1.86. The standard InChI is InChI=1S/C15H26N4O/c1-14(2,3)12-18(4)13(20)15(6-9-16-10-7-15)19-11-5-8-17-19/h5,8,11,16H,6-7,9-10,12H2,1-4H3. The van der Waals surface area contributed by atoms with Crippen molar-refractivity contribution in [3.05, 3.63) is 18.5 Å². The summed E-state index contributed by atoms with van der Waals surface area (Å²) in [7, 11) is 1.90. The maximum absolute atomic E-state index is 13.0. The molecule has 1 fully saturated rings. The highest BCUT2D eigenvalue weighted by atomic mass is 16.2. The summed E-state index contributed by atoms with van der Waals surface area (Å²) >= 11 is 0. The lowest BCUT2D eigenvalue weighted by Crippen LogP contribution is -2.55. The van der Waals surface area contributed by atoms with Crippen molar-refractivity contribution in [1.82, 2.24) is 20.0 Å². The van der Waals surface area contributed by atoms with Crippen molar-refractivity contribution >= 4 is 5.91 Å². The van der Waals surface area contributed by atoms with Gasteiger partial charge in [-0.15, -0.1) is 0 Å². The van der Waals surface area contributed by atoms with E-state index in [4.69, 9.17) is 0 Å². The Balaban J connectivity index is 2.25. The molecule has 2 rings (SSSR count). The molecule has 112 valence electrons. The highest BCUT2D eigenvalue weighted by molar-refractivity contribution is 5.84. The van der Waals surface area contributed by atoms with Crippen LogP contribution in [0.3, 0.4) is 0 Å². The number of likely N-dealkylation sites (N-methyl/N-ethyl adjacent to an activating group) is 1. The summed E-state index contributed by atoms with van der Waals surface area (Å²) in [5.74, 6) is 0.178. The number of hydrogen-bond donors (Lipinski definition) is 1. The molecule has 1 aromatic heterocycles. The molecular formula is C15H26N4O. The van der Waals surface area contributed by atoms with Gasteiger partial charge >= 0.3 is 0 Å². The van der Waals surface area contributed by atoms with E-state index in [0.29, 0.717) is 0 Å². The molecular weight excluding hydrogens is 252 g/mol. The third-order valence-corrected chi connectivity index (χ3v) is 3.83. The van der Waals surface area contributed by atoms with Crippen LogP contribution in [0.5, 0.6) is 0 Å². The number of rotatable bonds is 3. The van der Waals surface area contributed by atoms with Gasteiger partial charge in [-0.1, -0.05) is 20.8 Å². The van der Waals surface area contributed by atoms with Gasteiger partial charge in [0.1, 0.15) is 5.54 Å². The summed E-state index contributed by atoms with van der Waals surface area (Å²) in [6, 6.07) is 1.89. The van der Waals surface area contributed by atoms with E-state index in [9.17, 15) is 4.79 Å². The van der Waals surface area contributed by atoms with Crippen LogP contribution >= 0.6 is 0 Å². The molecule has 1 aromatic rings. The van der Waals surface area contributed by atoms with Crippen LogP contribution < -0.4 is 5.32 Å². The summed E-state index contributed by atoms with van der Waals surface area (Å²) in [4.78, 5) is 14.9. The molecule has 1 saturated heterocycles. The van der Waals surface area contributed by atoms with E-state index in [1.807, 2.05) is 28.9 Å². The number of hydrogen-bond acceptors (Lipinski definition) is 3. The molecule has 0 unspecified atom stereocenters. The van der Waals surface area contributed by atoms with Crippen LogP contribution in [-0.4, -0.2) is 47.3 Å². The predicted molar refractivity (Wildman–Crippen MR) is 79.4 cm³/mol. The highest BCUT2D eigenvalue weighted by Crippen LogP contribution is 2.30. The molecule has 2 heterocycles. The van der Waals surface area contributed by atoms with Gasteiger partial charge in [-0.3, -0.25) is 9.48 Å². The topological polar surface area (TPSA) is 50.2 Å². The first kappa shape index (κ1) is 15.0. The monoisotopic (exact) mass is 278 g/mol. The number of aromatic nitrogens is 2. The van der Waals surface area contributed by atoms with E-state index in [1.54, 1.807) is 6.20 Å². The molecule has 1 N–H and O–H groups in total. The van der Waals surface area contributed by atoms with Crippen LogP contribution in [0, 0.1) is 5.41 Å². The zero-order chi connectivity index (χ0) is 14.8. The fourth-order valence-electron chi connectivity index (χ4n) is 3.04. The SMILES string of the molecule is CN(CC(C)(C)C)C(=O)C1(n2cccn2)CCNCC1. The predicted octanol–water partition coefficient (Wildman–Crippen LogP) is 1.47. The molecule has 0 atom stereocenters. The molecule has 0 spiro atoms. The molecule has 5 nitrogen and oxygen atoms in total. The average Bonchev–Trinajstić information content (AvgIpc) is 2.91. The zero-order valence-electron chi connectivity index (χ0n) is 13.0. The second kappa shape index (κ2) is 5.56. The Hall–Kier alpha value is -1.36. The van der Waals surface area contributed by atoms with Crippen LogP contribution in [0.15, 0.2) is 18.5 Å². The van der Waals surface area contributed by atoms with Crippen molar-refractivity contribution in [3.63, 3.8) is 0 Å². The van der Waals surface area contributed by atoms with Crippen molar-refractivity contribution in [2.45, 2.75) is 39.2 Å². The van der Waals surface area contributed by atoms with E-state index >= 15 is 0 Å². The largest absolute Gasteiger partial charge is 0.343 e. The van der Waals surface area contributed by atoms with Gasteiger partial charge in [-0.05, 0) is 37.4 Å². The number of nitrogens with zero attached hydrogens (tertiary/aromatic N) is 3. The fourth-order valence-corrected chi connectivity index (χ4v) is 3.04. The third-order valence-electron chi connectivity index (χ3n) is 3.83. The van der Waals surface area contributed by atoms with E-state index in [-0.39, 0.29) is 11.3 Å². The van der Waals surface area contributed by atoms with Crippen molar-refractivity contribution in [2.24, 2.45) is 5.41 Å². The van der Waals surface area contributed by atoms with Gasteiger partial charge in [0.2, 0.25) is 5.91 Å². The van der Waals surface area contributed by atoms with E-state index in [1.165, 1.54) is 0 Å². The first-order valence-electron chi connectivity index (χ1n) is 7.32. The number of carbonyl (C=O) groups is 1. The smallest absolute Gasteiger partial charge is 0.250 e. The van der Waals surface area contributed by atoms with Crippen molar-refractivity contribution in [1.29, 1.82) is 0 Å². The van der Waals surface area contributed by atoms with Gasteiger partial charge in [0.25, 0.3) is 0 Å². The van der Waals surface area contributed by atoms with Crippen LogP contribution in [0.2, 0.25) is 0 Å². The molecule has 0 aliphatic carbocycles. The van der Waals surface area contributed by atoms with Crippen LogP contribution in [0.4, 0.5) is 0 Å². The number of amides is 1. The Kier molecular flexibility index (Phi) is 4.18. The van der Waals surface area contributed by atoms with Gasteiger partial charge in [0, 0.05) is 26.0 Å². The fraction of sp³-hybridized carbons (Fsp3) is 0.733. The first-order chi connectivity index (χ1) is 9.35. The second-order valence-electron chi connectivity index (χ2n) is 6.95. The van der Waals surface area contributed by atoms with Gasteiger partial charge < -0.3 is 10.2 Å². The minimum Gasteiger partial charge on any atom is -0.343 e. The number of nitrogens with one attached hydrogen (secondary N) is 1. The van der Waals surface area contributed by atoms with Gasteiger partial charge in [-0.2, -0.15) is 5.10 Å². The molecule has 0 bridgehead atoms. The third kappa shape index (κ3) is 3.03. The number of piperidine rings is 1. The lowest BCUT2D eigenvalue weighted by Gasteiger charge is -2.40. The van der Waals surface area contributed by atoms with Gasteiger partial charge in [-0.25, -0.2) is 0 Å². The minimum atomic E-state index is -0.519. The Labute approximate surface area is 121 Å². The molecule has 20 heavy (non-hydrogen) atoms. The highest BCUT2D eigenvalue weighted by Gasteiger charge is 2.44. The molecule has 1 aliphatic rings. The van der Waals surface area contributed by atoms with Crippen molar-refractivity contribution in [3.8, 4) is 0 Å². The summed E-state index contributed by atoms with van der Waals surface area (Å²) in [6.07, 6.45) is 5.25. The van der Waals surface area contributed by atoms with Crippen molar-refractivity contribution < 1.29 is 4.79 Å². The zero-order valence-corrected chi connectivity index (χ0v) is 13.0. The van der Waals surface area contributed by atoms with Crippen LogP contribution in [-0.2, 0) is 10.3 Å². The maximum Gasteiger partial charge on any atom is 0.250 e. The normalized spacial score (nSPS) is 18.8. The molecule has 0 saturated carbocycles. The van der Waals surface area contributed by atoms with Crippen molar-refractivity contribution in [2.75, 3.05) is 26.7 Å². The van der Waals surface area contributed by atoms with Gasteiger partial charge in [0.05, 0.1) is 0 Å². The molecule has 5 heteroatoms. The first-order valence-corrected chi connectivity index (χ1v) is 7.32. The van der Waals surface area contributed by atoms with E-state index < -0.39 is 5.54 Å². The average molecular weight is 278 g/mol.